The molecule has 1 rings (SSSR count). The quantitative estimate of drug-likeness (QED) is 0.813. The van der Waals surface area contributed by atoms with Crippen LogP contribution in [0.4, 0.5) is 0 Å². The van der Waals surface area contributed by atoms with Crippen LogP contribution in [0.3, 0.4) is 0 Å². The van der Waals surface area contributed by atoms with Crippen molar-refractivity contribution in [1.29, 1.82) is 0 Å². The fraction of sp³-hybridized carbons (Fsp3) is 0.467. The number of amides is 1. The largest absolute Gasteiger partial charge is 0.481 e. The highest BCUT2D eigenvalue weighted by Gasteiger charge is 2.19. The van der Waals surface area contributed by atoms with Crippen molar-refractivity contribution >= 4 is 23.5 Å². The molecule has 0 aliphatic carbocycles. The van der Waals surface area contributed by atoms with Crippen molar-refractivity contribution in [2.75, 3.05) is 6.54 Å². The van der Waals surface area contributed by atoms with Gasteiger partial charge in [-0.3, -0.25) is 9.59 Å². The van der Waals surface area contributed by atoms with Gasteiger partial charge in [-0.1, -0.05) is 37.6 Å². The molecule has 0 radical (unpaired) electrons. The molecule has 4 nitrogen and oxygen atoms in total. The molecule has 0 heterocycles. The summed E-state index contributed by atoms with van der Waals surface area (Å²) in [6, 6.07) is 7.02. The lowest BCUT2D eigenvalue weighted by Gasteiger charge is -2.15. The van der Waals surface area contributed by atoms with Crippen molar-refractivity contribution in [3.05, 3.63) is 34.9 Å². The molecule has 110 valence electrons. The van der Waals surface area contributed by atoms with Crippen molar-refractivity contribution in [3.8, 4) is 0 Å². The summed E-state index contributed by atoms with van der Waals surface area (Å²) in [5.41, 5.74) is 0.850. The normalized spacial score (nSPS) is 12.2. The van der Waals surface area contributed by atoms with E-state index in [2.05, 4.69) is 5.32 Å². The second-order valence-corrected chi connectivity index (χ2v) is 5.71. The summed E-state index contributed by atoms with van der Waals surface area (Å²) in [4.78, 5) is 22.9. The number of carboxylic acid groups (broad SMARTS) is 1. The number of carboxylic acids is 1. The molecule has 0 saturated heterocycles. The number of carbonyl (C=O) groups is 2. The third kappa shape index (κ3) is 6.06. The molecule has 2 N–H and O–H groups in total. The summed E-state index contributed by atoms with van der Waals surface area (Å²) < 4.78 is 0. The predicted octanol–water partition coefficient (Wildman–Crippen LogP) is 2.75. The number of nitrogens with one attached hydrogen (secondary N) is 1. The van der Waals surface area contributed by atoms with Gasteiger partial charge in [-0.15, -0.1) is 0 Å². The molecule has 1 unspecified atom stereocenters. The Morgan fingerprint density at radius 3 is 2.35 bits per heavy atom. The first-order valence-electron chi connectivity index (χ1n) is 6.62. The highest BCUT2D eigenvalue weighted by molar-refractivity contribution is 6.30. The van der Waals surface area contributed by atoms with Crippen LogP contribution in [0.5, 0.6) is 0 Å². The molecule has 20 heavy (non-hydrogen) atoms. The van der Waals surface area contributed by atoms with Gasteiger partial charge in [0.05, 0.1) is 12.3 Å². The summed E-state index contributed by atoms with van der Waals surface area (Å²) >= 11 is 5.77. The van der Waals surface area contributed by atoms with Crippen LogP contribution in [0, 0.1) is 11.8 Å². The highest BCUT2D eigenvalue weighted by atomic mass is 35.5. The van der Waals surface area contributed by atoms with E-state index in [0.29, 0.717) is 11.4 Å². The molecule has 0 aromatic heterocycles. The fourth-order valence-electron chi connectivity index (χ4n) is 1.93. The molecule has 0 aliphatic heterocycles. The molecule has 1 amide bonds. The summed E-state index contributed by atoms with van der Waals surface area (Å²) in [5.74, 6) is -1.30. The number of hydrogen-bond donors (Lipinski definition) is 2. The van der Waals surface area contributed by atoms with Gasteiger partial charge in [0.15, 0.2) is 0 Å². The summed E-state index contributed by atoms with van der Waals surface area (Å²) in [6.07, 6.45) is 0.780. The molecular weight excluding hydrogens is 278 g/mol. The number of benzene rings is 1. The highest BCUT2D eigenvalue weighted by Crippen LogP contribution is 2.12. The van der Waals surface area contributed by atoms with Gasteiger partial charge in [0, 0.05) is 11.6 Å². The second-order valence-electron chi connectivity index (χ2n) is 5.27. The molecule has 0 bridgehead atoms. The number of hydrogen-bond acceptors (Lipinski definition) is 2. The third-order valence-corrected chi connectivity index (χ3v) is 3.18. The minimum absolute atomic E-state index is 0.167. The van der Waals surface area contributed by atoms with Crippen LogP contribution in [0.1, 0.15) is 25.8 Å². The molecule has 1 aromatic rings. The van der Waals surface area contributed by atoms with Gasteiger partial charge in [0.1, 0.15) is 0 Å². The van der Waals surface area contributed by atoms with Crippen LogP contribution >= 0.6 is 11.6 Å². The third-order valence-electron chi connectivity index (χ3n) is 2.93. The Hall–Kier alpha value is -1.55. The zero-order chi connectivity index (χ0) is 15.1. The number of aliphatic carboxylic acids is 1. The van der Waals surface area contributed by atoms with Crippen molar-refractivity contribution in [3.63, 3.8) is 0 Å². The summed E-state index contributed by atoms with van der Waals surface area (Å²) in [5, 5.41) is 12.4. The van der Waals surface area contributed by atoms with E-state index in [1.165, 1.54) is 0 Å². The van der Waals surface area contributed by atoms with Gasteiger partial charge in [-0.2, -0.15) is 0 Å². The Balaban J connectivity index is 2.45. The summed E-state index contributed by atoms with van der Waals surface area (Å²) in [7, 11) is 0. The molecule has 0 spiro atoms. The van der Waals surface area contributed by atoms with E-state index in [0.717, 1.165) is 5.56 Å². The van der Waals surface area contributed by atoms with E-state index in [1.54, 1.807) is 24.3 Å². The van der Waals surface area contributed by atoms with Crippen LogP contribution in [0.15, 0.2) is 24.3 Å². The topological polar surface area (TPSA) is 66.4 Å². The molecule has 0 aliphatic rings. The van der Waals surface area contributed by atoms with Gasteiger partial charge in [-0.25, -0.2) is 0 Å². The monoisotopic (exact) mass is 297 g/mol. The first kappa shape index (κ1) is 16.5. The minimum Gasteiger partial charge on any atom is -0.481 e. The van der Waals surface area contributed by atoms with Crippen LogP contribution in [-0.4, -0.2) is 23.5 Å². The van der Waals surface area contributed by atoms with Crippen molar-refractivity contribution < 1.29 is 14.7 Å². The van der Waals surface area contributed by atoms with Crippen LogP contribution < -0.4 is 5.32 Å². The average Bonchev–Trinajstić information content (AvgIpc) is 2.36. The Morgan fingerprint density at radius 1 is 1.25 bits per heavy atom. The molecule has 5 heteroatoms. The van der Waals surface area contributed by atoms with Gasteiger partial charge in [0.2, 0.25) is 5.91 Å². The Bertz CT molecular complexity index is 457. The maximum absolute atomic E-state index is 11.8. The van der Waals surface area contributed by atoms with Crippen molar-refractivity contribution in [2.45, 2.75) is 26.7 Å². The lowest BCUT2D eigenvalue weighted by atomic mass is 9.97. The minimum atomic E-state index is -0.870. The van der Waals surface area contributed by atoms with E-state index in [4.69, 9.17) is 16.7 Å². The van der Waals surface area contributed by atoms with Gasteiger partial charge in [-0.05, 0) is 30.0 Å². The van der Waals surface area contributed by atoms with Crippen LogP contribution in [0.25, 0.3) is 0 Å². The van der Waals surface area contributed by atoms with E-state index in [1.807, 2.05) is 13.8 Å². The molecule has 0 saturated carbocycles. The number of carbonyl (C=O) groups excluding carboxylic acids is 1. The summed E-state index contributed by atoms with van der Waals surface area (Å²) in [6.45, 7) is 4.09. The number of halogens is 1. The predicted molar refractivity (Wildman–Crippen MR) is 78.7 cm³/mol. The smallest absolute Gasteiger partial charge is 0.308 e. The van der Waals surface area contributed by atoms with E-state index < -0.39 is 11.9 Å². The van der Waals surface area contributed by atoms with Crippen LogP contribution in [-0.2, 0) is 16.0 Å². The van der Waals surface area contributed by atoms with E-state index >= 15 is 0 Å². The second kappa shape index (κ2) is 7.90. The lowest BCUT2D eigenvalue weighted by molar-refractivity contribution is -0.142. The Morgan fingerprint density at radius 2 is 1.85 bits per heavy atom. The van der Waals surface area contributed by atoms with Crippen LogP contribution in [0.2, 0.25) is 5.02 Å². The molecule has 1 atom stereocenters. The number of rotatable bonds is 7. The van der Waals surface area contributed by atoms with E-state index in [9.17, 15) is 9.59 Å². The van der Waals surface area contributed by atoms with Crippen molar-refractivity contribution in [2.24, 2.45) is 11.8 Å². The maximum atomic E-state index is 11.8. The first-order valence-corrected chi connectivity index (χ1v) is 7.00. The zero-order valence-corrected chi connectivity index (χ0v) is 12.5. The zero-order valence-electron chi connectivity index (χ0n) is 11.7. The van der Waals surface area contributed by atoms with Gasteiger partial charge < -0.3 is 10.4 Å². The lowest BCUT2D eigenvalue weighted by Crippen LogP contribution is -2.34. The standard InChI is InChI=1S/C15H20ClNO3/c1-10(2)7-12(15(19)20)9-17-14(18)8-11-3-5-13(16)6-4-11/h3-6,10,12H,7-9H2,1-2H3,(H,17,18)(H,19,20). The Labute approximate surface area is 124 Å². The first-order chi connectivity index (χ1) is 9.38. The van der Waals surface area contributed by atoms with Gasteiger partial charge >= 0.3 is 5.97 Å². The maximum Gasteiger partial charge on any atom is 0.308 e. The molecule has 0 fully saturated rings. The molecular formula is C15H20ClNO3. The van der Waals surface area contributed by atoms with Crippen molar-refractivity contribution in [1.82, 2.24) is 5.32 Å². The van der Waals surface area contributed by atoms with Gasteiger partial charge in [0.25, 0.3) is 0 Å². The average molecular weight is 298 g/mol. The van der Waals surface area contributed by atoms with E-state index in [-0.39, 0.29) is 24.8 Å². The SMILES string of the molecule is CC(C)CC(CNC(=O)Cc1ccc(Cl)cc1)C(=O)O. The fourth-order valence-corrected chi connectivity index (χ4v) is 2.05. The molecule has 1 aromatic carbocycles. The Kier molecular flexibility index (Phi) is 6.52.